The van der Waals surface area contributed by atoms with Crippen molar-refractivity contribution in [2.45, 2.75) is 25.4 Å². The van der Waals surface area contributed by atoms with Gasteiger partial charge in [-0.2, -0.15) is 0 Å². The molecule has 0 unspecified atom stereocenters. The Labute approximate surface area is 91.9 Å². The molecular weight excluding hydrogens is 209 g/mol. The smallest absolute Gasteiger partial charge is 0.124 e. The molecule has 1 N–H and O–H groups in total. The van der Waals surface area contributed by atoms with Crippen LogP contribution >= 0.6 is 11.3 Å². The maximum Gasteiger partial charge on any atom is 0.124 e. The molecule has 2 aromatic rings. The first kappa shape index (κ1) is 9.31. The molecule has 78 valence electrons. The van der Waals surface area contributed by atoms with E-state index in [-0.39, 0.29) is 5.82 Å². The Morgan fingerprint density at radius 2 is 2.27 bits per heavy atom. The topological polar surface area (TPSA) is 12.0 Å². The van der Waals surface area contributed by atoms with Crippen LogP contribution in [0.25, 0.3) is 10.1 Å². The van der Waals surface area contributed by atoms with Crippen LogP contribution in [-0.4, -0.2) is 6.04 Å². The monoisotopic (exact) mass is 221 g/mol. The summed E-state index contributed by atoms with van der Waals surface area (Å²) >= 11 is 1.62. The molecule has 1 nitrogen and oxygen atoms in total. The van der Waals surface area contributed by atoms with Crippen LogP contribution in [0.2, 0.25) is 0 Å². The first-order valence-corrected chi connectivity index (χ1v) is 6.10. The van der Waals surface area contributed by atoms with Crippen LogP contribution in [0.15, 0.2) is 23.6 Å². The van der Waals surface area contributed by atoms with Gasteiger partial charge in [-0.25, -0.2) is 4.39 Å². The molecule has 1 heterocycles. The third-order valence-electron chi connectivity index (χ3n) is 2.78. The zero-order valence-corrected chi connectivity index (χ0v) is 9.11. The maximum absolute atomic E-state index is 13.0. The van der Waals surface area contributed by atoms with E-state index in [1.165, 1.54) is 29.9 Å². The Kier molecular flexibility index (Phi) is 2.22. The van der Waals surface area contributed by atoms with Crippen LogP contribution in [-0.2, 0) is 6.54 Å². The van der Waals surface area contributed by atoms with Crippen LogP contribution in [0, 0.1) is 5.82 Å². The second-order valence-electron chi connectivity index (χ2n) is 4.06. The van der Waals surface area contributed by atoms with Gasteiger partial charge in [0, 0.05) is 17.3 Å². The lowest BCUT2D eigenvalue weighted by molar-refractivity contribution is 0.630. The summed E-state index contributed by atoms with van der Waals surface area (Å²) in [4.78, 5) is 0. The van der Waals surface area contributed by atoms with Gasteiger partial charge in [0.25, 0.3) is 0 Å². The summed E-state index contributed by atoms with van der Waals surface area (Å²) in [6, 6.07) is 5.75. The second kappa shape index (κ2) is 3.58. The SMILES string of the molecule is Fc1ccc2c(CNC3CC3)csc2c1. The van der Waals surface area contributed by atoms with E-state index in [4.69, 9.17) is 0 Å². The molecule has 3 rings (SSSR count). The zero-order valence-electron chi connectivity index (χ0n) is 8.29. The summed E-state index contributed by atoms with van der Waals surface area (Å²) in [5, 5.41) is 6.79. The van der Waals surface area contributed by atoms with Crippen LogP contribution in [0.3, 0.4) is 0 Å². The normalized spacial score (nSPS) is 16.1. The predicted octanol–water partition coefficient (Wildman–Crippen LogP) is 3.29. The minimum absolute atomic E-state index is 0.147. The van der Waals surface area contributed by atoms with Gasteiger partial charge in [-0.05, 0) is 41.3 Å². The largest absolute Gasteiger partial charge is 0.310 e. The summed E-state index contributed by atoms with van der Waals surface area (Å²) in [7, 11) is 0. The summed E-state index contributed by atoms with van der Waals surface area (Å²) < 4.78 is 14.0. The molecule has 1 aliphatic carbocycles. The molecule has 1 saturated carbocycles. The molecule has 0 saturated heterocycles. The van der Waals surface area contributed by atoms with Crippen molar-refractivity contribution in [3.8, 4) is 0 Å². The van der Waals surface area contributed by atoms with Gasteiger partial charge in [0.15, 0.2) is 0 Å². The first-order valence-electron chi connectivity index (χ1n) is 5.22. The highest BCUT2D eigenvalue weighted by Crippen LogP contribution is 2.27. The summed E-state index contributed by atoms with van der Waals surface area (Å²) in [6.07, 6.45) is 2.60. The fourth-order valence-electron chi connectivity index (χ4n) is 1.74. The first-order chi connectivity index (χ1) is 7.33. The second-order valence-corrected chi connectivity index (χ2v) is 4.97. The fraction of sp³-hybridized carbons (Fsp3) is 0.333. The Morgan fingerprint density at radius 1 is 1.40 bits per heavy atom. The van der Waals surface area contributed by atoms with E-state index in [2.05, 4.69) is 10.7 Å². The van der Waals surface area contributed by atoms with Gasteiger partial charge in [-0.15, -0.1) is 11.3 Å². The molecule has 1 fully saturated rings. The average Bonchev–Trinajstić information content (AvgIpc) is 2.97. The Balaban J connectivity index is 1.89. The van der Waals surface area contributed by atoms with E-state index in [0.717, 1.165) is 17.3 Å². The van der Waals surface area contributed by atoms with Crippen LogP contribution < -0.4 is 5.32 Å². The molecule has 3 heteroatoms. The van der Waals surface area contributed by atoms with Crippen molar-refractivity contribution in [1.82, 2.24) is 5.32 Å². The molecule has 0 aliphatic heterocycles. The van der Waals surface area contributed by atoms with Gasteiger partial charge in [0.2, 0.25) is 0 Å². The third kappa shape index (κ3) is 1.90. The van der Waals surface area contributed by atoms with E-state index in [1.807, 2.05) is 6.07 Å². The predicted molar refractivity (Wildman–Crippen MR) is 61.6 cm³/mol. The van der Waals surface area contributed by atoms with Crippen LogP contribution in [0.5, 0.6) is 0 Å². The number of nitrogens with one attached hydrogen (secondary N) is 1. The Hall–Kier alpha value is -0.930. The number of thiophene rings is 1. The number of benzene rings is 1. The van der Waals surface area contributed by atoms with Crippen molar-refractivity contribution in [3.05, 3.63) is 35.0 Å². The molecule has 0 spiro atoms. The highest BCUT2D eigenvalue weighted by atomic mass is 32.1. The van der Waals surface area contributed by atoms with E-state index >= 15 is 0 Å². The van der Waals surface area contributed by atoms with Crippen LogP contribution in [0.1, 0.15) is 18.4 Å². The average molecular weight is 221 g/mol. The van der Waals surface area contributed by atoms with Crippen molar-refractivity contribution in [2.24, 2.45) is 0 Å². The number of fused-ring (bicyclic) bond motifs is 1. The molecule has 0 bridgehead atoms. The summed E-state index contributed by atoms with van der Waals surface area (Å²) in [6.45, 7) is 0.913. The van der Waals surface area contributed by atoms with Gasteiger partial charge >= 0.3 is 0 Å². The van der Waals surface area contributed by atoms with Gasteiger partial charge < -0.3 is 5.32 Å². The lowest BCUT2D eigenvalue weighted by Gasteiger charge is -2.00. The van der Waals surface area contributed by atoms with E-state index in [9.17, 15) is 4.39 Å². The quantitative estimate of drug-likeness (QED) is 0.838. The van der Waals surface area contributed by atoms with Gasteiger partial charge in [0.1, 0.15) is 5.82 Å². The molecule has 1 aromatic carbocycles. The molecular formula is C12H12FNS. The van der Waals surface area contributed by atoms with Crippen molar-refractivity contribution in [1.29, 1.82) is 0 Å². The molecule has 15 heavy (non-hydrogen) atoms. The summed E-state index contributed by atoms with van der Waals surface area (Å²) in [5.74, 6) is -0.147. The van der Waals surface area contributed by atoms with E-state index in [0.29, 0.717) is 0 Å². The molecule has 0 atom stereocenters. The fourth-order valence-corrected chi connectivity index (χ4v) is 2.72. The number of hydrogen-bond donors (Lipinski definition) is 1. The summed E-state index contributed by atoms with van der Waals surface area (Å²) in [5.41, 5.74) is 1.29. The van der Waals surface area contributed by atoms with Gasteiger partial charge in [-0.1, -0.05) is 6.07 Å². The lowest BCUT2D eigenvalue weighted by Crippen LogP contribution is -2.14. The van der Waals surface area contributed by atoms with E-state index < -0.39 is 0 Å². The maximum atomic E-state index is 13.0. The number of halogens is 1. The third-order valence-corrected chi connectivity index (χ3v) is 3.77. The number of rotatable bonds is 3. The molecule has 0 radical (unpaired) electrons. The molecule has 1 aliphatic rings. The van der Waals surface area contributed by atoms with Crippen LogP contribution in [0.4, 0.5) is 4.39 Å². The Morgan fingerprint density at radius 3 is 3.07 bits per heavy atom. The van der Waals surface area contributed by atoms with Crippen molar-refractivity contribution in [3.63, 3.8) is 0 Å². The Bertz CT molecular complexity index is 487. The minimum Gasteiger partial charge on any atom is -0.310 e. The zero-order chi connectivity index (χ0) is 10.3. The molecule has 0 amide bonds. The highest BCUT2D eigenvalue weighted by Gasteiger charge is 2.20. The number of hydrogen-bond acceptors (Lipinski definition) is 2. The minimum atomic E-state index is -0.147. The van der Waals surface area contributed by atoms with Crippen molar-refractivity contribution < 1.29 is 4.39 Å². The van der Waals surface area contributed by atoms with Crippen molar-refractivity contribution >= 4 is 21.4 Å². The van der Waals surface area contributed by atoms with Gasteiger partial charge in [0.05, 0.1) is 0 Å². The van der Waals surface area contributed by atoms with Crippen molar-refractivity contribution in [2.75, 3.05) is 0 Å². The highest BCUT2D eigenvalue weighted by molar-refractivity contribution is 7.17. The van der Waals surface area contributed by atoms with E-state index in [1.54, 1.807) is 17.4 Å². The standard InChI is InChI=1S/C12H12FNS/c13-9-1-4-11-8(6-14-10-2-3-10)7-15-12(11)5-9/h1,4-5,7,10,14H,2-3,6H2. The lowest BCUT2D eigenvalue weighted by atomic mass is 10.2. The molecule has 1 aromatic heterocycles. The van der Waals surface area contributed by atoms with Gasteiger partial charge in [-0.3, -0.25) is 0 Å².